The molecule has 0 amide bonds. The van der Waals surface area contributed by atoms with E-state index in [2.05, 4.69) is 27.5 Å². The number of aromatic nitrogens is 2. The third kappa shape index (κ3) is 4.21. The van der Waals surface area contributed by atoms with Crippen molar-refractivity contribution in [2.45, 2.75) is 45.6 Å². The second-order valence-corrected chi connectivity index (χ2v) is 4.99. The van der Waals surface area contributed by atoms with Gasteiger partial charge in [0.05, 0.1) is 18.3 Å². The van der Waals surface area contributed by atoms with E-state index in [1.165, 1.54) is 0 Å². The van der Waals surface area contributed by atoms with E-state index in [1.54, 1.807) is 6.20 Å². The first-order valence-electron chi connectivity index (χ1n) is 6.76. The van der Waals surface area contributed by atoms with Crippen molar-refractivity contribution in [3.63, 3.8) is 0 Å². The first kappa shape index (κ1) is 16.0. The van der Waals surface area contributed by atoms with Crippen LogP contribution < -0.4 is 10.6 Å². The lowest BCUT2D eigenvalue weighted by Gasteiger charge is -2.31. The molecule has 0 spiro atoms. The molecule has 0 aliphatic carbocycles. The summed E-state index contributed by atoms with van der Waals surface area (Å²) in [6, 6.07) is 0. The molecule has 0 saturated heterocycles. The molecule has 1 aromatic rings. The molecule has 3 N–H and O–H groups in total. The van der Waals surface area contributed by atoms with Crippen LogP contribution in [0.4, 0.5) is 11.8 Å². The Morgan fingerprint density at radius 2 is 2.00 bits per heavy atom. The Bertz CT molecular complexity index is 388. The van der Waals surface area contributed by atoms with E-state index in [0.29, 0.717) is 16.8 Å². The molecule has 19 heavy (non-hydrogen) atoms. The standard InChI is InChI=1S/C13H23ClN4O/c1-4-7-15-12-16-8-10(14)11(17-12)18-13(5-2,6-3)9-19/h8,19H,4-7,9H2,1-3H3,(H2,15,16,17,18). The van der Waals surface area contributed by atoms with E-state index in [0.717, 1.165) is 25.8 Å². The molecule has 0 bridgehead atoms. The Hall–Kier alpha value is -1.07. The maximum atomic E-state index is 9.57. The molecule has 1 rings (SSSR count). The van der Waals surface area contributed by atoms with Crippen LogP contribution in [0, 0.1) is 0 Å². The lowest BCUT2D eigenvalue weighted by molar-refractivity contribution is 0.202. The molecule has 0 radical (unpaired) electrons. The van der Waals surface area contributed by atoms with E-state index >= 15 is 0 Å². The predicted octanol–water partition coefficient (Wildman–Crippen LogP) is 2.91. The minimum atomic E-state index is -0.389. The Morgan fingerprint density at radius 3 is 2.53 bits per heavy atom. The zero-order chi connectivity index (χ0) is 14.3. The molecule has 0 atom stereocenters. The number of rotatable bonds is 8. The van der Waals surface area contributed by atoms with Crippen molar-refractivity contribution < 1.29 is 5.11 Å². The number of hydrogen-bond donors (Lipinski definition) is 3. The molecule has 108 valence electrons. The number of nitrogens with zero attached hydrogens (tertiary/aromatic N) is 2. The van der Waals surface area contributed by atoms with Gasteiger partial charge in [-0.3, -0.25) is 0 Å². The average Bonchev–Trinajstić information content (AvgIpc) is 2.45. The number of anilines is 2. The van der Waals surface area contributed by atoms with Gasteiger partial charge in [-0.05, 0) is 19.3 Å². The predicted molar refractivity (Wildman–Crippen MR) is 79.8 cm³/mol. The van der Waals surface area contributed by atoms with E-state index in [4.69, 9.17) is 11.6 Å². The summed E-state index contributed by atoms with van der Waals surface area (Å²) < 4.78 is 0. The molecule has 6 heteroatoms. The highest BCUT2D eigenvalue weighted by atomic mass is 35.5. The number of aliphatic hydroxyl groups excluding tert-OH is 1. The minimum Gasteiger partial charge on any atom is -0.394 e. The fourth-order valence-corrected chi connectivity index (χ4v) is 1.86. The Kier molecular flexibility index (Phi) is 6.31. The SMILES string of the molecule is CCCNc1ncc(Cl)c(NC(CC)(CC)CO)n1. The summed E-state index contributed by atoms with van der Waals surface area (Å²) in [5.41, 5.74) is -0.389. The van der Waals surface area contributed by atoms with Crippen molar-refractivity contribution in [1.29, 1.82) is 0 Å². The summed E-state index contributed by atoms with van der Waals surface area (Å²) in [4.78, 5) is 8.49. The van der Waals surface area contributed by atoms with Gasteiger partial charge in [-0.2, -0.15) is 4.98 Å². The lowest BCUT2D eigenvalue weighted by Crippen LogP contribution is -2.41. The highest BCUT2D eigenvalue weighted by Gasteiger charge is 2.26. The van der Waals surface area contributed by atoms with Gasteiger partial charge in [0, 0.05) is 6.54 Å². The molecular weight excluding hydrogens is 264 g/mol. The fraction of sp³-hybridized carbons (Fsp3) is 0.692. The van der Waals surface area contributed by atoms with Gasteiger partial charge >= 0.3 is 0 Å². The van der Waals surface area contributed by atoms with Gasteiger partial charge in [-0.1, -0.05) is 32.4 Å². The number of nitrogens with one attached hydrogen (secondary N) is 2. The van der Waals surface area contributed by atoms with Crippen molar-refractivity contribution >= 4 is 23.4 Å². The third-order valence-corrected chi connectivity index (χ3v) is 3.59. The Balaban J connectivity index is 2.92. The Labute approximate surface area is 119 Å². The fourth-order valence-electron chi connectivity index (χ4n) is 1.72. The third-order valence-electron chi connectivity index (χ3n) is 3.32. The van der Waals surface area contributed by atoms with Gasteiger partial charge in [0.15, 0.2) is 5.82 Å². The monoisotopic (exact) mass is 286 g/mol. The first-order valence-corrected chi connectivity index (χ1v) is 7.14. The second kappa shape index (κ2) is 7.50. The highest BCUT2D eigenvalue weighted by Crippen LogP contribution is 2.26. The molecule has 5 nitrogen and oxygen atoms in total. The van der Waals surface area contributed by atoms with Crippen LogP contribution in [-0.4, -0.2) is 33.8 Å². The second-order valence-electron chi connectivity index (χ2n) is 4.59. The quantitative estimate of drug-likeness (QED) is 0.685. The number of aliphatic hydroxyl groups is 1. The largest absolute Gasteiger partial charge is 0.394 e. The summed E-state index contributed by atoms with van der Waals surface area (Å²) >= 11 is 6.11. The normalized spacial score (nSPS) is 11.4. The van der Waals surface area contributed by atoms with Crippen LogP contribution >= 0.6 is 11.6 Å². The van der Waals surface area contributed by atoms with Crippen LogP contribution in [-0.2, 0) is 0 Å². The van der Waals surface area contributed by atoms with Gasteiger partial charge in [0.25, 0.3) is 0 Å². The molecule has 1 heterocycles. The van der Waals surface area contributed by atoms with Crippen LogP contribution in [0.3, 0.4) is 0 Å². The van der Waals surface area contributed by atoms with Gasteiger partial charge in [0.2, 0.25) is 5.95 Å². The van der Waals surface area contributed by atoms with Crippen molar-refractivity contribution in [2.24, 2.45) is 0 Å². The van der Waals surface area contributed by atoms with E-state index in [1.807, 2.05) is 13.8 Å². The van der Waals surface area contributed by atoms with E-state index < -0.39 is 0 Å². The minimum absolute atomic E-state index is 0.0397. The van der Waals surface area contributed by atoms with Crippen molar-refractivity contribution in [1.82, 2.24) is 9.97 Å². The van der Waals surface area contributed by atoms with Crippen LogP contribution in [0.5, 0.6) is 0 Å². The molecule has 0 saturated carbocycles. The molecule has 0 aliphatic rings. The zero-order valence-corrected chi connectivity index (χ0v) is 12.6. The molecule has 0 fully saturated rings. The van der Waals surface area contributed by atoms with Crippen LogP contribution in [0.15, 0.2) is 6.20 Å². The Morgan fingerprint density at radius 1 is 1.32 bits per heavy atom. The molecular formula is C13H23ClN4O. The topological polar surface area (TPSA) is 70.1 Å². The summed E-state index contributed by atoms with van der Waals surface area (Å²) in [7, 11) is 0. The smallest absolute Gasteiger partial charge is 0.224 e. The van der Waals surface area contributed by atoms with Crippen LogP contribution in [0.2, 0.25) is 5.02 Å². The van der Waals surface area contributed by atoms with Crippen LogP contribution in [0.1, 0.15) is 40.0 Å². The number of halogens is 1. The summed E-state index contributed by atoms with van der Waals surface area (Å²) in [5.74, 6) is 1.11. The number of hydrogen-bond acceptors (Lipinski definition) is 5. The maximum Gasteiger partial charge on any atom is 0.224 e. The van der Waals surface area contributed by atoms with Crippen molar-refractivity contribution in [3.8, 4) is 0 Å². The van der Waals surface area contributed by atoms with Gasteiger partial charge < -0.3 is 15.7 Å². The summed E-state index contributed by atoms with van der Waals surface area (Å²) in [6.07, 6.45) is 4.15. The highest BCUT2D eigenvalue weighted by molar-refractivity contribution is 6.32. The summed E-state index contributed by atoms with van der Waals surface area (Å²) in [6.45, 7) is 6.98. The molecule has 0 unspecified atom stereocenters. The van der Waals surface area contributed by atoms with Crippen molar-refractivity contribution in [3.05, 3.63) is 11.2 Å². The van der Waals surface area contributed by atoms with Gasteiger partial charge in [0.1, 0.15) is 5.02 Å². The molecule has 0 aromatic carbocycles. The van der Waals surface area contributed by atoms with Gasteiger partial charge in [-0.25, -0.2) is 4.98 Å². The first-order chi connectivity index (χ1) is 9.10. The average molecular weight is 287 g/mol. The summed E-state index contributed by atoms with van der Waals surface area (Å²) in [5, 5.41) is 16.4. The maximum absolute atomic E-state index is 9.57. The lowest BCUT2D eigenvalue weighted by atomic mass is 9.94. The zero-order valence-electron chi connectivity index (χ0n) is 11.8. The van der Waals surface area contributed by atoms with E-state index in [-0.39, 0.29) is 12.1 Å². The van der Waals surface area contributed by atoms with E-state index in [9.17, 15) is 5.11 Å². The van der Waals surface area contributed by atoms with Crippen molar-refractivity contribution in [2.75, 3.05) is 23.8 Å². The molecule has 0 aliphatic heterocycles. The van der Waals surface area contributed by atoms with Gasteiger partial charge in [-0.15, -0.1) is 0 Å². The van der Waals surface area contributed by atoms with Crippen LogP contribution in [0.25, 0.3) is 0 Å². The molecule has 1 aromatic heterocycles.